The van der Waals surface area contributed by atoms with Gasteiger partial charge in [-0.2, -0.15) is 8.78 Å². The molecule has 0 atom stereocenters. The maximum atomic E-state index is 14.6. The molecule has 24 heavy (non-hydrogen) atoms. The van der Waals surface area contributed by atoms with Crippen LogP contribution in [0.4, 0.5) is 8.78 Å². The van der Waals surface area contributed by atoms with E-state index in [-0.39, 0.29) is 12.0 Å². The molecule has 3 aromatic rings. The lowest BCUT2D eigenvalue weighted by molar-refractivity contribution is -0.173. The minimum absolute atomic E-state index is 0.131. The van der Waals surface area contributed by atoms with Gasteiger partial charge in [-0.05, 0) is 24.4 Å². The molecular weight excluding hydrogens is 316 g/mol. The lowest BCUT2D eigenvalue weighted by Gasteiger charge is -2.17. The molecule has 0 aliphatic heterocycles. The average molecular weight is 331 g/mol. The van der Waals surface area contributed by atoms with Crippen LogP contribution in [-0.4, -0.2) is 24.7 Å². The number of fused-ring (bicyclic) bond motifs is 3. The fourth-order valence-electron chi connectivity index (χ4n) is 2.62. The minimum Gasteiger partial charge on any atom is -0.497 e. The van der Waals surface area contributed by atoms with E-state index in [1.807, 2.05) is 0 Å². The number of nitrogens with zero attached hydrogens (tertiary/aromatic N) is 1. The second-order valence-corrected chi connectivity index (χ2v) is 5.18. The summed E-state index contributed by atoms with van der Waals surface area (Å²) in [5.41, 5.74) is -0.288. The van der Waals surface area contributed by atoms with Gasteiger partial charge in [-0.25, -0.2) is 9.78 Å². The predicted molar refractivity (Wildman–Crippen MR) is 86.3 cm³/mol. The van der Waals surface area contributed by atoms with Crippen LogP contribution in [-0.2, 0) is 15.5 Å². The summed E-state index contributed by atoms with van der Waals surface area (Å²) in [5, 5.41) is 1.51. The number of methoxy groups -OCH3 is 1. The van der Waals surface area contributed by atoms with Gasteiger partial charge in [0.2, 0.25) is 0 Å². The first-order valence-corrected chi connectivity index (χ1v) is 7.41. The van der Waals surface area contributed by atoms with E-state index in [0.29, 0.717) is 22.0 Å². The number of ether oxygens (including phenoxy) is 2. The average Bonchev–Trinajstić information content (AvgIpc) is 2.60. The van der Waals surface area contributed by atoms with E-state index in [1.165, 1.54) is 20.1 Å². The molecule has 0 saturated heterocycles. The fraction of sp³-hybridized carbons (Fsp3) is 0.222. The van der Waals surface area contributed by atoms with Crippen molar-refractivity contribution >= 4 is 27.6 Å². The Morgan fingerprint density at radius 2 is 1.83 bits per heavy atom. The number of carbonyl (C=O) groups is 1. The van der Waals surface area contributed by atoms with E-state index in [0.717, 1.165) is 0 Å². The summed E-state index contributed by atoms with van der Waals surface area (Å²) < 4.78 is 38.9. The van der Waals surface area contributed by atoms with Crippen molar-refractivity contribution in [3.63, 3.8) is 0 Å². The van der Waals surface area contributed by atoms with Crippen LogP contribution in [0.5, 0.6) is 5.75 Å². The van der Waals surface area contributed by atoms with Crippen LogP contribution in [0.3, 0.4) is 0 Å². The normalized spacial score (nSPS) is 11.7. The smallest absolute Gasteiger partial charge is 0.385 e. The lowest BCUT2D eigenvalue weighted by atomic mass is 10.0. The van der Waals surface area contributed by atoms with E-state index < -0.39 is 17.6 Å². The quantitative estimate of drug-likeness (QED) is 0.534. The Bertz CT molecular complexity index is 925. The van der Waals surface area contributed by atoms with Crippen LogP contribution in [0.1, 0.15) is 12.6 Å². The van der Waals surface area contributed by atoms with Crippen LogP contribution >= 0.6 is 0 Å². The molecule has 0 spiro atoms. The van der Waals surface area contributed by atoms with Gasteiger partial charge in [-0.1, -0.05) is 24.3 Å². The number of carbonyl (C=O) groups excluding carboxylic acids is 1. The van der Waals surface area contributed by atoms with Crippen LogP contribution in [0.15, 0.2) is 42.5 Å². The molecule has 0 amide bonds. The van der Waals surface area contributed by atoms with E-state index in [4.69, 9.17) is 4.74 Å². The van der Waals surface area contributed by atoms with Crippen molar-refractivity contribution in [2.75, 3.05) is 13.7 Å². The Labute approximate surface area is 137 Å². The Morgan fingerprint density at radius 1 is 1.12 bits per heavy atom. The molecule has 3 rings (SSSR count). The lowest BCUT2D eigenvalue weighted by Crippen LogP contribution is -2.29. The van der Waals surface area contributed by atoms with Gasteiger partial charge >= 0.3 is 11.9 Å². The van der Waals surface area contributed by atoms with Crippen molar-refractivity contribution in [2.45, 2.75) is 12.8 Å². The highest BCUT2D eigenvalue weighted by Gasteiger charge is 2.45. The standard InChI is InChI=1S/C18H15F2NO3/c1-3-24-17(22)18(19,20)16-14-7-5-4-6-12(14)13-9-8-11(23-2)10-15(13)21-16/h4-10H,3H2,1-2H3. The number of halogens is 2. The SMILES string of the molecule is CCOC(=O)C(F)(F)c1nc2cc(OC)ccc2c2ccccc12. The van der Waals surface area contributed by atoms with Gasteiger partial charge in [0.15, 0.2) is 0 Å². The van der Waals surface area contributed by atoms with E-state index in [2.05, 4.69) is 9.72 Å². The summed E-state index contributed by atoms with van der Waals surface area (Å²) in [5.74, 6) is -4.95. The zero-order chi connectivity index (χ0) is 17.3. The zero-order valence-electron chi connectivity index (χ0n) is 13.2. The summed E-state index contributed by atoms with van der Waals surface area (Å²) >= 11 is 0. The van der Waals surface area contributed by atoms with E-state index >= 15 is 0 Å². The van der Waals surface area contributed by atoms with Gasteiger partial charge in [0.1, 0.15) is 11.4 Å². The van der Waals surface area contributed by atoms with Gasteiger partial charge in [0.25, 0.3) is 0 Å². The summed E-state index contributed by atoms with van der Waals surface area (Å²) in [7, 11) is 1.48. The maximum absolute atomic E-state index is 14.6. The molecule has 1 heterocycles. The van der Waals surface area contributed by atoms with Gasteiger partial charge in [0, 0.05) is 16.8 Å². The van der Waals surface area contributed by atoms with E-state index in [9.17, 15) is 13.6 Å². The van der Waals surface area contributed by atoms with Crippen molar-refractivity contribution in [1.82, 2.24) is 4.98 Å². The molecule has 0 aliphatic carbocycles. The van der Waals surface area contributed by atoms with Crippen molar-refractivity contribution in [3.8, 4) is 5.75 Å². The fourth-order valence-corrected chi connectivity index (χ4v) is 2.62. The number of hydrogen-bond acceptors (Lipinski definition) is 4. The summed E-state index contributed by atoms with van der Waals surface area (Å²) in [6.07, 6.45) is 0. The van der Waals surface area contributed by atoms with Crippen molar-refractivity contribution < 1.29 is 23.0 Å². The van der Waals surface area contributed by atoms with Crippen LogP contribution < -0.4 is 4.74 Å². The number of alkyl halides is 2. The summed E-state index contributed by atoms with van der Waals surface area (Å²) in [4.78, 5) is 15.8. The highest BCUT2D eigenvalue weighted by molar-refractivity contribution is 6.08. The Hall–Kier alpha value is -2.76. The monoisotopic (exact) mass is 331 g/mol. The minimum atomic E-state index is -3.84. The predicted octanol–water partition coefficient (Wildman–Crippen LogP) is 4.05. The van der Waals surface area contributed by atoms with Crippen LogP contribution in [0.25, 0.3) is 21.7 Å². The molecule has 0 N–H and O–H groups in total. The van der Waals surface area contributed by atoms with Crippen molar-refractivity contribution in [3.05, 3.63) is 48.2 Å². The molecule has 0 radical (unpaired) electrons. The molecule has 0 aliphatic rings. The summed E-state index contributed by atoms with van der Waals surface area (Å²) in [6, 6.07) is 11.7. The van der Waals surface area contributed by atoms with Gasteiger partial charge in [-0.15, -0.1) is 0 Å². The van der Waals surface area contributed by atoms with Crippen LogP contribution in [0.2, 0.25) is 0 Å². The highest BCUT2D eigenvalue weighted by Crippen LogP contribution is 2.37. The second kappa shape index (κ2) is 6.03. The number of pyridine rings is 1. The molecule has 0 bridgehead atoms. The molecule has 1 aromatic heterocycles. The molecule has 0 unspecified atom stereocenters. The van der Waals surface area contributed by atoms with Gasteiger partial charge < -0.3 is 9.47 Å². The Balaban J connectivity index is 2.34. The third kappa shape index (κ3) is 2.54. The largest absolute Gasteiger partial charge is 0.497 e. The second-order valence-electron chi connectivity index (χ2n) is 5.18. The number of aromatic nitrogens is 1. The van der Waals surface area contributed by atoms with Gasteiger partial charge in [-0.3, -0.25) is 0 Å². The number of benzene rings is 2. The zero-order valence-corrected chi connectivity index (χ0v) is 13.2. The summed E-state index contributed by atoms with van der Waals surface area (Å²) in [6.45, 7) is 1.35. The molecule has 0 fully saturated rings. The first kappa shape index (κ1) is 16.1. The molecule has 2 aromatic carbocycles. The maximum Gasteiger partial charge on any atom is 0.385 e. The molecule has 0 saturated carbocycles. The Morgan fingerprint density at radius 3 is 2.50 bits per heavy atom. The molecular formula is C18H15F2NO3. The highest BCUT2D eigenvalue weighted by atomic mass is 19.3. The molecule has 4 nitrogen and oxygen atoms in total. The Kier molecular flexibility index (Phi) is 4.05. The number of esters is 1. The van der Waals surface area contributed by atoms with E-state index in [1.54, 1.807) is 36.4 Å². The van der Waals surface area contributed by atoms with Crippen molar-refractivity contribution in [2.24, 2.45) is 0 Å². The van der Waals surface area contributed by atoms with Gasteiger partial charge in [0.05, 0.1) is 19.2 Å². The molecule has 6 heteroatoms. The van der Waals surface area contributed by atoms with Crippen molar-refractivity contribution in [1.29, 1.82) is 0 Å². The molecule has 124 valence electrons. The topological polar surface area (TPSA) is 48.4 Å². The first-order valence-electron chi connectivity index (χ1n) is 7.41. The first-order chi connectivity index (χ1) is 11.5. The number of hydrogen-bond donors (Lipinski definition) is 0. The third-order valence-corrected chi connectivity index (χ3v) is 3.74. The number of rotatable bonds is 4. The third-order valence-electron chi connectivity index (χ3n) is 3.74. The van der Waals surface area contributed by atoms with Crippen LogP contribution in [0, 0.1) is 0 Å².